The highest BCUT2D eigenvalue weighted by Gasteiger charge is 2.44. The molecule has 3 N–H and O–H groups in total. The Morgan fingerprint density at radius 2 is 1.87 bits per heavy atom. The summed E-state index contributed by atoms with van der Waals surface area (Å²) >= 11 is 0. The van der Waals surface area contributed by atoms with Crippen molar-refractivity contribution >= 4 is 22.4 Å². The molecule has 2 aliphatic heterocycles. The molecule has 6 nitrogen and oxygen atoms in total. The SMILES string of the molecule is CCN(CC)CCCNC1c2c([nH]c3ccccc23)C2=Nc3ccccc3C(O)N21. The molecule has 156 valence electrons. The van der Waals surface area contributed by atoms with Gasteiger partial charge in [-0.2, -0.15) is 0 Å². The van der Waals surface area contributed by atoms with Crippen LogP contribution in [0.25, 0.3) is 10.9 Å². The smallest absolute Gasteiger partial charge is 0.158 e. The van der Waals surface area contributed by atoms with E-state index >= 15 is 0 Å². The Bertz CT molecular complexity index is 1080. The molecule has 2 aromatic carbocycles. The van der Waals surface area contributed by atoms with E-state index in [1.54, 1.807) is 0 Å². The maximum atomic E-state index is 11.3. The summed E-state index contributed by atoms with van der Waals surface area (Å²) in [5.41, 5.74) is 4.98. The number of amidine groups is 1. The molecular weight excluding hydrogens is 374 g/mol. The fourth-order valence-electron chi connectivity index (χ4n) is 4.74. The van der Waals surface area contributed by atoms with Gasteiger partial charge in [-0.15, -0.1) is 0 Å². The van der Waals surface area contributed by atoms with Gasteiger partial charge in [0.25, 0.3) is 0 Å². The molecule has 2 atom stereocenters. The summed E-state index contributed by atoms with van der Waals surface area (Å²) in [5.74, 6) is 0.814. The third-order valence-corrected chi connectivity index (χ3v) is 6.35. The Morgan fingerprint density at radius 3 is 2.70 bits per heavy atom. The minimum absolute atomic E-state index is 0.116. The molecule has 2 aliphatic rings. The van der Waals surface area contributed by atoms with Crippen LogP contribution in [0.1, 0.15) is 49.5 Å². The van der Waals surface area contributed by atoms with Gasteiger partial charge in [0, 0.05) is 22.0 Å². The first-order valence-corrected chi connectivity index (χ1v) is 10.9. The zero-order valence-corrected chi connectivity index (χ0v) is 17.6. The first kappa shape index (κ1) is 19.3. The van der Waals surface area contributed by atoms with Gasteiger partial charge in [0.1, 0.15) is 6.17 Å². The minimum atomic E-state index is -0.728. The lowest BCUT2D eigenvalue weighted by molar-refractivity contribution is 0.0192. The van der Waals surface area contributed by atoms with Gasteiger partial charge in [-0.1, -0.05) is 50.2 Å². The second kappa shape index (κ2) is 7.87. The highest BCUT2D eigenvalue weighted by Crippen LogP contribution is 2.46. The standard InChI is InChI=1S/C24H29N5O/c1-3-28(4-2)15-9-14-25-22-20-16-10-5-7-12-18(16)26-21(20)23-27-19-13-8-6-11-17(19)24(30)29(22)23/h5-8,10-13,22,24-26,30H,3-4,9,14-15H2,1-2H3. The number of nitrogens with zero attached hydrogens (tertiary/aromatic N) is 3. The lowest BCUT2D eigenvalue weighted by Crippen LogP contribution is -2.42. The van der Waals surface area contributed by atoms with Crippen LogP contribution >= 0.6 is 0 Å². The Morgan fingerprint density at radius 1 is 1.10 bits per heavy atom. The number of nitrogens with one attached hydrogen (secondary N) is 2. The zero-order chi connectivity index (χ0) is 20.7. The summed E-state index contributed by atoms with van der Waals surface area (Å²) in [5, 5.41) is 16.2. The summed E-state index contributed by atoms with van der Waals surface area (Å²) in [4.78, 5) is 12.9. The molecule has 0 radical (unpaired) electrons. The van der Waals surface area contributed by atoms with Crippen LogP contribution in [0.2, 0.25) is 0 Å². The number of aromatic amines is 1. The molecule has 0 spiro atoms. The lowest BCUT2D eigenvalue weighted by atomic mass is 10.1. The van der Waals surface area contributed by atoms with Crippen LogP contribution in [0, 0.1) is 0 Å². The molecule has 0 bridgehead atoms. The third-order valence-electron chi connectivity index (χ3n) is 6.35. The number of hydrogen-bond donors (Lipinski definition) is 3. The van der Waals surface area contributed by atoms with E-state index < -0.39 is 6.23 Å². The number of H-pyrrole nitrogens is 1. The number of benzene rings is 2. The van der Waals surface area contributed by atoms with Crippen molar-refractivity contribution in [2.75, 3.05) is 26.2 Å². The molecule has 3 heterocycles. The number of aliphatic imine (C=N–C) groups is 1. The number of aromatic nitrogens is 1. The fraction of sp³-hybridized carbons (Fsp3) is 0.375. The van der Waals surface area contributed by atoms with Gasteiger partial charge in [-0.3, -0.25) is 5.32 Å². The molecule has 2 unspecified atom stereocenters. The quantitative estimate of drug-likeness (QED) is 0.524. The van der Waals surface area contributed by atoms with Crippen molar-refractivity contribution in [1.82, 2.24) is 20.1 Å². The Labute approximate surface area is 177 Å². The number of para-hydroxylation sites is 2. The van der Waals surface area contributed by atoms with Crippen molar-refractivity contribution in [2.24, 2.45) is 4.99 Å². The van der Waals surface area contributed by atoms with E-state index in [4.69, 9.17) is 4.99 Å². The first-order chi connectivity index (χ1) is 14.7. The molecule has 0 amide bonds. The van der Waals surface area contributed by atoms with Gasteiger partial charge in [-0.25, -0.2) is 4.99 Å². The van der Waals surface area contributed by atoms with Crippen LogP contribution < -0.4 is 5.32 Å². The average molecular weight is 404 g/mol. The summed E-state index contributed by atoms with van der Waals surface area (Å²) in [7, 11) is 0. The molecule has 0 saturated carbocycles. The normalized spacial score (nSPS) is 19.7. The largest absolute Gasteiger partial charge is 0.369 e. The van der Waals surface area contributed by atoms with Crippen molar-refractivity contribution in [3.05, 3.63) is 65.4 Å². The van der Waals surface area contributed by atoms with Crippen molar-refractivity contribution in [2.45, 2.75) is 32.7 Å². The van der Waals surface area contributed by atoms with Crippen molar-refractivity contribution in [1.29, 1.82) is 0 Å². The Balaban J connectivity index is 1.50. The predicted octanol–water partition coefficient (Wildman–Crippen LogP) is 3.89. The van der Waals surface area contributed by atoms with Gasteiger partial charge in [0.15, 0.2) is 12.1 Å². The zero-order valence-electron chi connectivity index (χ0n) is 17.6. The fourth-order valence-corrected chi connectivity index (χ4v) is 4.74. The van der Waals surface area contributed by atoms with Crippen LogP contribution in [0.15, 0.2) is 53.5 Å². The molecule has 5 rings (SSSR count). The maximum absolute atomic E-state index is 11.3. The minimum Gasteiger partial charge on any atom is -0.369 e. The second-order valence-corrected chi connectivity index (χ2v) is 7.97. The average Bonchev–Trinajstić information content (AvgIpc) is 3.30. The van der Waals surface area contributed by atoms with E-state index in [-0.39, 0.29) is 6.17 Å². The van der Waals surface area contributed by atoms with Crippen molar-refractivity contribution in [3.8, 4) is 0 Å². The number of aliphatic hydroxyl groups is 1. The van der Waals surface area contributed by atoms with E-state index in [0.29, 0.717) is 0 Å². The van der Waals surface area contributed by atoms with Crippen molar-refractivity contribution < 1.29 is 5.11 Å². The number of hydrogen-bond acceptors (Lipinski definition) is 5. The first-order valence-electron chi connectivity index (χ1n) is 10.9. The summed E-state index contributed by atoms with van der Waals surface area (Å²) in [6.45, 7) is 8.50. The van der Waals surface area contributed by atoms with E-state index in [2.05, 4.69) is 47.2 Å². The van der Waals surface area contributed by atoms with Gasteiger partial charge in [-0.05, 0) is 44.7 Å². The number of fused-ring (bicyclic) bond motifs is 6. The highest BCUT2D eigenvalue weighted by atomic mass is 16.3. The van der Waals surface area contributed by atoms with E-state index in [9.17, 15) is 5.11 Å². The molecule has 0 aliphatic carbocycles. The van der Waals surface area contributed by atoms with E-state index in [0.717, 1.165) is 60.9 Å². The molecule has 0 saturated heterocycles. The monoisotopic (exact) mass is 403 g/mol. The van der Waals surface area contributed by atoms with E-state index in [1.165, 1.54) is 10.9 Å². The van der Waals surface area contributed by atoms with E-state index in [1.807, 2.05) is 35.2 Å². The summed E-state index contributed by atoms with van der Waals surface area (Å²) in [6.07, 6.45) is 0.214. The predicted molar refractivity (Wildman–Crippen MR) is 121 cm³/mol. The molecule has 6 heteroatoms. The molecule has 30 heavy (non-hydrogen) atoms. The van der Waals surface area contributed by atoms with Gasteiger partial charge >= 0.3 is 0 Å². The van der Waals surface area contributed by atoms with Gasteiger partial charge < -0.3 is 19.9 Å². The number of rotatable bonds is 7. The lowest BCUT2D eigenvalue weighted by Gasteiger charge is -2.36. The van der Waals surface area contributed by atoms with Crippen LogP contribution in [0.4, 0.5) is 5.69 Å². The van der Waals surface area contributed by atoms with Gasteiger partial charge in [0.05, 0.1) is 11.4 Å². The van der Waals surface area contributed by atoms with Crippen molar-refractivity contribution in [3.63, 3.8) is 0 Å². The maximum Gasteiger partial charge on any atom is 0.158 e. The summed E-state index contributed by atoms with van der Waals surface area (Å²) in [6, 6.07) is 16.2. The highest BCUT2D eigenvalue weighted by molar-refractivity contribution is 6.09. The van der Waals surface area contributed by atoms with Crippen LogP contribution in [-0.2, 0) is 0 Å². The molecule has 3 aromatic rings. The van der Waals surface area contributed by atoms with Crippen LogP contribution in [-0.4, -0.2) is 51.9 Å². The molecule has 0 fully saturated rings. The van der Waals surface area contributed by atoms with Crippen LogP contribution in [0.3, 0.4) is 0 Å². The number of aliphatic hydroxyl groups excluding tert-OH is 1. The second-order valence-electron chi connectivity index (χ2n) is 7.97. The topological polar surface area (TPSA) is 66.9 Å². The molecular formula is C24H29N5O. The Kier molecular flexibility index (Phi) is 5.06. The van der Waals surface area contributed by atoms with Crippen LogP contribution in [0.5, 0.6) is 0 Å². The third kappa shape index (κ3) is 3.03. The summed E-state index contributed by atoms with van der Waals surface area (Å²) < 4.78 is 0. The molecule has 1 aromatic heterocycles. The Hall–Kier alpha value is -2.67. The van der Waals surface area contributed by atoms with Gasteiger partial charge in [0.2, 0.25) is 0 Å².